The molecule has 26 heavy (non-hydrogen) atoms. The summed E-state index contributed by atoms with van der Waals surface area (Å²) in [5.41, 5.74) is 0.542. The Labute approximate surface area is 152 Å². The first kappa shape index (κ1) is 19.6. The van der Waals surface area contributed by atoms with Gasteiger partial charge in [-0.1, -0.05) is 0 Å². The number of carbonyl (C=O) groups is 3. The van der Waals surface area contributed by atoms with Gasteiger partial charge in [-0.05, 0) is 19.1 Å². The molecule has 2 rings (SSSR count). The lowest BCUT2D eigenvalue weighted by atomic mass is 10.00. The van der Waals surface area contributed by atoms with Crippen LogP contribution in [-0.4, -0.2) is 55.1 Å². The molecule has 1 aromatic carbocycles. The number of likely N-dealkylation sites (tertiary alicyclic amines) is 1. The molecule has 1 fully saturated rings. The highest BCUT2D eigenvalue weighted by atomic mass is 16.5. The molecule has 1 aromatic rings. The Morgan fingerprint density at radius 1 is 1.35 bits per heavy atom. The molecule has 2 unspecified atom stereocenters. The van der Waals surface area contributed by atoms with Gasteiger partial charge in [0.05, 0.1) is 32.6 Å². The number of nitrogens with one attached hydrogen (secondary N) is 1. The summed E-state index contributed by atoms with van der Waals surface area (Å²) in [6.45, 7) is 2.75. The summed E-state index contributed by atoms with van der Waals surface area (Å²) < 4.78 is 10.5. The van der Waals surface area contributed by atoms with Gasteiger partial charge in [-0.3, -0.25) is 14.4 Å². The Hall–Kier alpha value is -2.77. The number of hydrogen-bond acceptors (Lipinski definition) is 5. The smallest absolute Gasteiger partial charge is 0.305 e. The molecule has 0 spiro atoms. The minimum Gasteiger partial charge on any atom is -0.497 e. The van der Waals surface area contributed by atoms with Crippen molar-refractivity contribution in [2.75, 3.05) is 27.3 Å². The number of amides is 2. The largest absolute Gasteiger partial charge is 0.497 e. The van der Waals surface area contributed by atoms with Crippen molar-refractivity contribution in [3.63, 3.8) is 0 Å². The zero-order chi connectivity index (χ0) is 19.3. The lowest BCUT2D eigenvalue weighted by Crippen LogP contribution is -2.36. The molecule has 0 saturated carbocycles. The quantitative estimate of drug-likeness (QED) is 0.718. The second kappa shape index (κ2) is 8.55. The van der Waals surface area contributed by atoms with Gasteiger partial charge in [-0.15, -0.1) is 0 Å². The topological polar surface area (TPSA) is 105 Å². The molecule has 1 aliphatic rings. The Bertz CT molecular complexity index is 690. The van der Waals surface area contributed by atoms with Crippen molar-refractivity contribution < 1.29 is 29.0 Å². The molecule has 0 aliphatic carbocycles. The minimum absolute atomic E-state index is 0.0653. The number of ether oxygens (including phenoxy) is 2. The lowest BCUT2D eigenvalue weighted by molar-refractivity contribution is -0.138. The van der Waals surface area contributed by atoms with Crippen molar-refractivity contribution >= 4 is 17.8 Å². The van der Waals surface area contributed by atoms with Gasteiger partial charge >= 0.3 is 5.97 Å². The summed E-state index contributed by atoms with van der Waals surface area (Å²) in [6.07, 6.45) is -0.161. The summed E-state index contributed by atoms with van der Waals surface area (Å²) in [4.78, 5) is 37.3. The third kappa shape index (κ3) is 4.44. The fourth-order valence-corrected chi connectivity index (χ4v) is 3.06. The molecule has 2 atom stereocenters. The Balaban J connectivity index is 2.21. The number of rotatable bonds is 8. The van der Waals surface area contributed by atoms with E-state index in [4.69, 9.17) is 9.47 Å². The normalized spacial score (nSPS) is 17.7. The predicted molar refractivity (Wildman–Crippen MR) is 93.0 cm³/mol. The average Bonchev–Trinajstić information content (AvgIpc) is 3.01. The highest BCUT2D eigenvalue weighted by molar-refractivity contribution is 5.89. The Morgan fingerprint density at radius 3 is 2.62 bits per heavy atom. The molecule has 8 heteroatoms. The molecule has 0 radical (unpaired) electrons. The van der Waals surface area contributed by atoms with E-state index in [0.29, 0.717) is 30.2 Å². The van der Waals surface area contributed by atoms with Crippen LogP contribution in [0.4, 0.5) is 0 Å². The Kier molecular flexibility index (Phi) is 6.43. The second-order valence-electron chi connectivity index (χ2n) is 6.10. The van der Waals surface area contributed by atoms with Gasteiger partial charge in [-0.25, -0.2) is 0 Å². The number of carbonyl (C=O) groups excluding carboxylic acids is 2. The number of hydrogen-bond donors (Lipinski definition) is 2. The van der Waals surface area contributed by atoms with Crippen LogP contribution in [0.3, 0.4) is 0 Å². The maximum atomic E-state index is 12.6. The highest BCUT2D eigenvalue weighted by Gasteiger charge is 2.35. The van der Waals surface area contributed by atoms with E-state index < -0.39 is 17.9 Å². The Morgan fingerprint density at radius 2 is 2.08 bits per heavy atom. The maximum absolute atomic E-state index is 12.6. The summed E-state index contributed by atoms with van der Waals surface area (Å²) >= 11 is 0. The lowest BCUT2D eigenvalue weighted by Gasteiger charge is -2.22. The third-order valence-corrected chi connectivity index (χ3v) is 4.48. The number of methoxy groups -OCH3 is 2. The maximum Gasteiger partial charge on any atom is 0.305 e. The fraction of sp³-hybridized carbons (Fsp3) is 0.500. The summed E-state index contributed by atoms with van der Waals surface area (Å²) in [5, 5.41) is 12.0. The molecule has 0 aromatic heterocycles. The zero-order valence-corrected chi connectivity index (χ0v) is 15.2. The van der Waals surface area contributed by atoms with Crippen LogP contribution in [0.5, 0.6) is 11.5 Å². The second-order valence-corrected chi connectivity index (χ2v) is 6.10. The number of aliphatic carboxylic acids is 1. The van der Waals surface area contributed by atoms with Crippen molar-refractivity contribution in [1.82, 2.24) is 10.2 Å². The third-order valence-electron chi connectivity index (χ3n) is 4.48. The van der Waals surface area contributed by atoms with Crippen molar-refractivity contribution in [1.29, 1.82) is 0 Å². The van der Waals surface area contributed by atoms with Crippen LogP contribution in [0.15, 0.2) is 18.2 Å². The molecule has 1 aliphatic heterocycles. The zero-order valence-electron chi connectivity index (χ0n) is 15.2. The van der Waals surface area contributed by atoms with Crippen LogP contribution in [0, 0.1) is 5.92 Å². The van der Waals surface area contributed by atoms with Crippen LogP contribution in [0.25, 0.3) is 0 Å². The standard InChI is InChI=1S/C18H24N2O6/c1-4-20-10-11(7-16(20)21)18(24)19-14(9-17(22)23)13-6-5-12(25-2)8-15(13)26-3/h5-6,8,11,14H,4,7,9-10H2,1-3H3,(H,19,24)(H,22,23). The molecule has 1 saturated heterocycles. The van der Waals surface area contributed by atoms with Crippen molar-refractivity contribution in [3.8, 4) is 11.5 Å². The molecule has 1 heterocycles. The van der Waals surface area contributed by atoms with Gasteiger partial charge < -0.3 is 24.8 Å². The number of benzene rings is 1. The molecule has 2 amide bonds. The number of carboxylic acids is 1. The molecule has 2 N–H and O–H groups in total. The van der Waals surface area contributed by atoms with Gasteiger partial charge in [0.25, 0.3) is 0 Å². The molecular formula is C18H24N2O6. The molecular weight excluding hydrogens is 340 g/mol. The van der Waals surface area contributed by atoms with Gasteiger partial charge in [0.1, 0.15) is 11.5 Å². The number of nitrogens with zero attached hydrogens (tertiary/aromatic N) is 1. The SMILES string of the molecule is CCN1CC(C(=O)NC(CC(=O)O)c2ccc(OC)cc2OC)CC1=O. The molecule has 142 valence electrons. The van der Waals surface area contributed by atoms with E-state index in [1.54, 1.807) is 23.1 Å². The van der Waals surface area contributed by atoms with Gasteiger partial charge in [0, 0.05) is 31.1 Å². The molecule has 0 bridgehead atoms. The first-order valence-electron chi connectivity index (χ1n) is 8.41. The van der Waals surface area contributed by atoms with E-state index in [1.165, 1.54) is 14.2 Å². The minimum atomic E-state index is -1.05. The van der Waals surface area contributed by atoms with Gasteiger partial charge in [-0.2, -0.15) is 0 Å². The van der Waals surface area contributed by atoms with Crippen molar-refractivity contribution in [3.05, 3.63) is 23.8 Å². The summed E-state index contributed by atoms with van der Waals surface area (Å²) in [6, 6.07) is 4.21. The van der Waals surface area contributed by atoms with Gasteiger partial charge in [0.2, 0.25) is 11.8 Å². The van der Waals surface area contributed by atoms with E-state index in [1.807, 2.05) is 6.92 Å². The van der Waals surface area contributed by atoms with Crippen LogP contribution < -0.4 is 14.8 Å². The highest BCUT2D eigenvalue weighted by Crippen LogP contribution is 2.31. The van der Waals surface area contributed by atoms with Crippen LogP contribution >= 0.6 is 0 Å². The van der Waals surface area contributed by atoms with Crippen LogP contribution in [0.1, 0.15) is 31.4 Å². The summed E-state index contributed by atoms with van der Waals surface area (Å²) in [7, 11) is 2.98. The van der Waals surface area contributed by atoms with E-state index in [0.717, 1.165) is 0 Å². The van der Waals surface area contributed by atoms with Crippen LogP contribution in [-0.2, 0) is 14.4 Å². The van der Waals surface area contributed by atoms with E-state index >= 15 is 0 Å². The van der Waals surface area contributed by atoms with Crippen molar-refractivity contribution in [2.45, 2.75) is 25.8 Å². The van der Waals surface area contributed by atoms with Crippen LogP contribution in [0.2, 0.25) is 0 Å². The average molecular weight is 364 g/mol. The van der Waals surface area contributed by atoms with E-state index in [2.05, 4.69) is 5.32 Å². The first-order chi connectivity index (χ1) is 12.4. The van der Waals surface area contributed by atoms with Crippen molar-refractivity contribution in [2.24, 2.45) is 5.92 Å². The summed E-state index contributed by atoms with van der Waals surface area (Å²) in [5.74, 6) is -0.948. The van der Waals surface area contributed by atoms with E-state index in [-0.39, 0.29) is 24.7 Å². The van der Waals surface area contributed by atoms with Gasteiger partial charge in [0.15, 0.2) is 0 Å². The predicted octanol–water partition coefficient (Wildman–Crippen LogP) is 1.20. The first-order valence-corrected chi connectivity index (χ1v) is 8.41. The number of carboxylic acid groups (broad SMARTS) is 1. The fourth-order valence-electron chi connectivity index (χ4n) is 3.06. The van der Waals surface area contributed by atoms with E-state index in [9.17, 15) is 19.5 Å². The monoisotopic (exact) mass is 364 g/mol. The molecule has 8 nitrogen and oxygen atoms in total.